The number of hydrogen-bond donors (Lipinski definition) is 2. The van der Waals surface area contributed by atoms with E-state index in [0.29, 0.717) is 11.4 Å². The smallest absolute Gasteiger partial charge is 0.261 e. The van der Waals surface area contributed by atoms with E-state index in [1.54, 1.807) is 42.5 Å². The highest BCUT2D eigenvalue weighted by atomic mass is 32.2. The summed E-state index contributed by atoms with van der Waals surface area (Å²) >= 11 is 0. The van der Waals surface area contributed by atoms with Crippen LogP contribution in [0.2, 0.25) is 0 Å². The standard InChI is InChI=1S/C18H21NO4S/c1-11(2)17-15-10-13(6-9-16(15)23-18(17)20)19-24(21,22)14-7-4-12(3)5-8-14/h4-11,17-20H,1-3H3/t17-,18-/m1/s1. The van der Waals surface area contributed by atoms with E-state index >= 15 is 0 Å². The molecular weight excluding hydrogens is 326 g/mol. The number of aliphatic hydroxyl groups excluding tert-OH is 1. The van der Waals surface area contributed by atoms with Gasteiger partial charge in [0.05, 0.1) is 10.8 Å². The number of fused-ring (bicyclic) bond motifs is 1. The molecule has 0 saturated carbocycles. The Labute approximate surface area is 142 Å². The van der Waals surface area contributed by atoms with E-state index in [1.165, 1.54) is 0 Å². The number of aryl methyl sites for hydroxylation is 1. The van der Waals surface area contributed by atoms with Gasteiger partial charge in [0.15, 0.2) is 0 Å². The van der Waals surface area contributed by atoms with Crippen LogP contribution >= 0.6 is 0 Å². The van der Waals surface area contributed by atoms with Crippen molar-refractivity contribution in [2.24, 2.45) is 5.92 Å². The van der Waals surface area contributed by atoms with Gasteiger partial charge in [0.2, 0.25) is 6.29 Å². The van der Waals surface area contributed by atoms with Crippen LogP contribution in [0.5, 0.6) is 5.75 Å². The van der Waals surface area contributed by atoms with Gasteiger partial charge in [0.25, 0.3) is 10.0 Å². The Bertz CT molecular complexity index is 844. The van der Waals surface area contributed by atoms with Gasteiger partial charge in [0.1, 0.15) is 5.75 Å². The van der Waals surface area contributed by atoms with E-state index in [9.17, 15) is 13.5 Å². The average Bonchev–Trinajstić information content (AvgIpc) is 2.82. The molecule has 0 fully saturated rings. The SMILES string of the molecule is Cc1ccc(S(=O)(=O)Nc2ccc3c(c2)[C@@H](C(C)C)[C@H](O)O3)cc1. The Morgan fingerprint density at radius 2 is 1.79 bits per heavy atom. The quantitative estimate of drug-likeness (QED) is 0.890. The van der Waals surface area contributed by atoms with Crippen molar-refractivity contribution in [1.82, 2.24) is 0 Å². The van der Waals surface area contributed by atoms with Crippen molar-refractivity contribution < 1.29 is 18.3 Å². The number of rotatable bonds is 4. The fraction of sp³-hybridized carbons (Fsp3) is 0.333. The largest absolute Gasteiger partial charge is 0.464 e. The van der Waals surface area contributed by atoms with Gasteiger partial charge in [-0.15, -0.1) is 0 Å². The molecule has 128 valence electrons. The van der Waals surface area contributed by atoms with E-state index < -0.39 is 16.3 Å². The first kappa shape index (κ1) is 16.8. The van der Waals surface area contributed by atoms with Crippen LogP contribution in [0.3, 0.4) is 0 Å². The monoisotopic (exact) mass is 347 g/mol. The Kier molecular flexibility index (Phi) is 4.27. The third-order valence-corrected chi connectivity index (χ3v) is 5.62. The highest BCUT2D eigenvalue weighted by molar-refractivity contribution is 7.92. The number of anilines is 1. The first-order valence-corrected chi connectivity index (χ1v) is 9.34. The lowest BCUT2D eigenvalue weighted by atomic mass is 9.89. The molecule has 2 atom stereocenters. The summed E-state index contributed by atoms with van der Waals surface area (Å²) in [7, 11) is -3.65. The van der Waals surface area contributed by atoms with E-state index in [2.05, 4.69) is 4.72 Å². The topological polar surface area (TPSA) is 75.6 Å². The second kappa shape index (κ2) is 6.11. The molecule has 3 rings (SSSR count). The first-order chi connectivity index (χ1) is 11.3. The highest BCUT2D eigenvalue weighted by Gasteiger charge is 2.35. The first-order valence-electron chi connectivity index (χ1n) is 7.86. The zero-order chi connectivity index (χ0) is 17.5. The molecule has 6 heteroatoms. The van der Waals surface area contributed by atoms with Gasteiger partial charge in [0, 0.05) is 11.3 Å². The highest BCUT2D eigenvalue weighted by Crippen LogP contribution is 2.42. The number of sulfonamides is 1. The molecule has 2 aromatic rings. The summed E-state index contributed by atoms with van der Waals surface area (Å²) in [6.45, 7) is 5.90. The Hall–Kier alpha value is -2.05. The lowest BCUT2D eigenvalue weighted by Crippen LogP contribution is -2.21. The van der Waals surface area contributed by atoms with Gasteiger partial charge in [-0.05, 0) is 43.2 Å². The lowest BCUT2D eigenvalue weighted by molar-refractivity contribution is -0.0280. The number of hydrogen-bond acceptors (Lipinski definition) is 4. The van der Waals surface area contributed by atoms with Crippen molar-refractivity contribution in [3.05, 3.63) is 53.6 Å². The van der Waals surface area contributed by atoms with Gasteiger partial charge in [-0.3, -0.25) is 4.72 Å². The molecule has 1 heterocycles. The molecule has 0 aliphatic carbocycles. The van der Waals surface area contributed by atoms with Crippen LogP contribution < -0.4 is 9.46 Å². The number of nitrogens with one attached hydrogen (secondary N) is 1. The minimum atomic E-state index is -3.65. The zero-order valence-electron chi connectivity index (χ0n) is 13.9. The van der Waals surface area contributed by atoms with Crippen LogP contribution in [0.1, 0.15) is 30.9 Å². The minimum absolute atomic E-state index is 0.171. The van der Waals surface area contributed by atoms with Crippen LogP contribution in [0.15, 0.2) is 47.4 Å². The molecule has 5 nitrogen and oxygen atoms in total. The Morgan fingerprint density at radius 3 is 2.42 bits per heavy atom. The maximum Gasteiger partial charge on any atom is 0.261 e. The van der Waals surface area contributed by atoms with Crippen LogP contribution in [0.4, 0.5) is 5.69 Å². The van der Waals surface area contributed by atoms with Crippen molar-refractivity contribution in [2.45, 2.75) is 37.9 Å². The molecule has 0 saturated heterocycles. The molecule has 0 unspecified atom stereocenters. The summed E-state index contributed by atoms with van der Waals surface area (Å²) < 4.78 is 33.0. The molecule has 0 aromatic heterocycles. The lowest BCUT2D eigenvalue weighted by Gasteiger charge is -2.17. The maximum absolute atomic E-state index is 12.5. The fourth-order valence-corrected chi connectivity index (χ4v) is 4.01. The van der Waals surface area contributed by atoms with Crippen LogP contribution in [-0.2, 0) is 10.0 Å². The van der Waals surface area contributed by atoms with E-state index in [0.717, 1.165) is 11.1 Å². The van der Waals surface area contributed by atoms with Crippen molar-refractivity contribution in [2.75, 3.05) is 4.72 Å². The van der Waals surface area contributed by atoms with Gasteiger partial charge in [-0.1, -0.05) is 31.5 Å². The zero-order valence-corrected chi connectivity index (χ0v) is 14.7. The molecule has 1 aliphatic heterocycles. The molecule has 1 aliphatic rings. The molecular formula is C18H21NO4S. The van der Waals surface area contributed by atoms with Crippen molar-refractivity contribution in [3.63, 3.8) is 0 Å². The van der Waals surface area contributed by atoms with Gasteiger partial charge >= 0.3 is 0 Å². The molecule has 0 spiro atoms. The van der Waals surface area contributed by atoms with Crippen molar-refractivity contribution in [1.29, 1.82) is 0 Å². The van der Waals surface area contributed by atoms with E-state index in [1.807, 2.05) is 20.8 Å². The molecule has 2 N–H and O–H groups in total. The summed E-state index contributed by atoms with van der Waals surface area (Å²) in [4.78, 5) is 0.213. The summed E-state index contributed by atoms with van der Waals surface area (Å²) in [6, 6.07) is 11.7. The second-order valence-corrected chi connectivity index (χ2v) is 8.13. The Morgan fingerprint density at radius 1 is 1.12 bits per heavy atom. The van der Waals surface area contributed by atoms with Gasteiger partial charge in [-0.2, -0.15) is 0 Å². The molecule has 0 bridgehead atoms. The Balaban J connectivity index is 1.91. The predicted molar refractivity (Wildman–Crippen MR) is 92.6 cm³/mol. The van der Waals surface area contributed by atoms with Crippen LogP contribution in [0, 0.1) is 12.8 Å². The number of benzene rings is 2. The number of aliphatic hydroxyl groups is 1. The molecule has 2 aromatic carbocycles. The van der Waals surface area contributed by atoms with Gasteiger partial charge in [-0.25, -0.2) is 8.42 Å². The molecule has 0 radical (unpaired) electrons. The third-order valence-electron chi connectivity index (χ3n) is 4.23. The van der Waals surface area contributed by atoms with Gasteiger partial charge < -0.3 is 9.84 Å². The summed E-state index contributed by atoms with van der Waals surface area (Å²) in [5, 5.41) is 10.0. The summed E-state index contributed by atoms with van der Waals surface area (Å²) in [5.41, 5.74) is 2.27. The van der Waals surface area contributed by atoms with E-state index in [4.69, 9.17) is 4.74 Å². The predicted octanol–water partition coefficient (Wildman–Crippen LogP) is 3.25. The average molecular weight is 347 g/mol. The minimum Gasteiger partial charge on any atom is -0.464 e. The van der Waals surface area contributed by atoms with E-state index in [-0.39, 0.29) is 16.7 Å². The van der Waals surface area contributed by atoms with Crippen molar-refractivity contribution >= 4 is 15.7 Å². The third kappa shape index (κ3) is 3.12. The molecule has 24 heavy (non-hydrogen) atoms. The molecule has 0 amide bonds. The van der Waals surface area contributed by atoms with Crippen LogP contribution in [-0.4, -0.2) is 19.8 Å². The number of ether oxygens (including phenoxy) is 1. The second-order valence-electron chi connectivity index (χ2n) is 6.45. The normalized spacial score (nSPS) is 19.9. The maximum atomic E-state index is 12.5. The van der Waals surface area contributed by atoms with Crippen molar-refractivity contribution in [3.8, 4) is 5.75 Å². The summed E-state index contributed by atoms with van der Waals surface area (Å²) in [6.07, 6.45) is -0.899. The fourth-order valence-electron chi connectivity index (χ4n) is 2.96. The summed E-state index contributed by atoms with van der Waals surface area (Å²) in [5.74, 6) is 0.591. The van der Waals surface area contributed by atoms with Crippen LogP contribution in [0.25, 0.3) is 0 Å².